The molecule has 10 heteroatoms. The first-order valence-electron chi connectivity index (χ1n) is 10.7. The Balaban J connectivity index is 1.44. The molecule has 1 aromatic carbocycles. The van der Waals surface area contributed by atoms with E-state index in [1.165, 1.54) is 6.07 Å². The summed E-state index contributed by atoms with van der Waals surface area (Å²) in [7, 11) is 0. The Morgan fingerprint density at radius 3 is 2.85 bits per heavy atom. The first-order chi connectivity index (χ1) is 16.0. The maximum atomic E-state index is 15.4. The van der Waals surface area contributed by atoms with Gasteiger partial charge in [-0.25, -0.2) is 13.8 Å². The Morgan fingerprint density at radius 1 is 1.24 bits per heavy atom. The summed E-state index contributed by atoms with van der Waals surface area (Å²) in [6.45, 7) is 3.61. The second-order valence-corrected chi connectivity index (χ2v) is 7.99. The van der Waals surface area contributed by atoms with E-state index in [2.05, 4.69) is 30.6 Å². The Hall–Kier alpha value is -3.79. The summed E-state index contributed by atoms with van der Waals surface area (Å²) in [5.74, 6) is -0.676. The van der Waals surface area contributed by atoms with E-state index < -0.39 is 11.6 Å². The molecular weight excluding hydrogens is 426 g/mol. The van der Waals surface area contributed by atoms with Crippen molar-refractivity contribution in [2.45, 2.75) is 25.8 Å². The smallest absolute Gasteiger partial charge is 0.173 e. The summed E-state index contributed by atoms with van der Waals surface area (Å²) in [4.78, 5) is 8.53. The number of pyridine rings is 1. The van der Waals surface area contributed by atoms with Gasteiger partial charge in [-0.3, -0.25) is 14.8 Å². The second kappa shape index (κ2) is 8.62. The van der Waals surface area contributed by atoms with Crippen LogP contribution in [-0.4, -0.2) is 48.7 Å². The molecule has 0 aliphatic carbocycles. The average molecular weight is 448 g/mol. The molecule has 0 unspecified atom stereocenters. The highest BCUT2D eigenvalue weighted by molar-refractivity contribution is 5.95. The third-order valence-corrected chi connectivity index (χ3v) is 5.75. The van der Waals surface area contributed by atoms with Gasteiger partial charge in [0.2, 0.25) is 0 Å². The Bertz CT molecular complexity index is 1370. The van der Waals surface area contributed by atoms with E-state index in [4.69, 9.17) is 5.41 Å². The van der Waals surface area contributed by atoms with Gasteiger partial charge in [0.25, 0.3) is 0 Å². The third-order valence-electron chi connectivity index (χ3n) is 5.75. The van der Waals surface area contributed by atoms with Crippen LogP contribution in [0.2, 0.25) is 0 Å². The number of allylic oxidation sites excluding steroid dienone is 1. The minimum Gasteiger partial charge on any atom is -0.312 e. The summed E-state index contributed by atoms with van der Waals surface area (Å²) < 4.78 is 32.0. The van der Waals surface area contributed by atoms with Gasteiger partial charge in [-0.2, -0.15) is 10.2 Å². The van der Waals surface area contributed by atoms with Crippen molar-refractivity contribution in [3.05, 3.63) is 65.6 Å². The lowest BCUT2D eigenvalue weighted by Gasteiger charge is -2.27. The number of hydrogen-bond acceptors (Lipinski definition) is 6. The van der Waals surface area contributed by atoms with E-state index in [9.17, 15) is 4.39 Å². The quantitative estimate of drug-likeness (QED) is 0.374. The van der Waals surface area contributed by atoms with Gasteiger partial charge in [-0.05, 0) is 24.6 Å². The van der Waals surface area contributed by atoms with Crippen LogP contribution in [0.3, 0.4) is 0 Å². The van der Waals surface area contributed by atoms with Crippen LogP contribution < -0.4 is 5.32 Å². The van der Waals surface area contributed by atoms with E-state index in [1.54, 1.807) is 30.6 Å². The Kier molecular flexibility index (Phi) is 5.51. The molecule has 0 amide bonds. The standard InChI is InChI=1S/C23H22F2N8/c1-2-15(26)3-4-21-30-22(32-31-21)6-17-19(24)7-20-18(23(17)25)5-13(8-28-20)14-9-29-33(12-14)16-10-27-11-16/h3-5,7-9,12,16,26-27H,2,6,10-11H2,1H3,(H,30,31,32)/b4-3-,26-15?. The SMILES string of the molecule is CCC(=N)/C=C\c1n[nH]c(Cc2c(F)cc3ncc(-c4cnn(C5CNC5)c4)cc3c2F)n1. The first-order valence-corrected chi connectivity index (χ1v) is 10.7. The molecule has 0 radical (unpaired) electrons. The minimum absolute atomic E-state index is 0.0868. The molecule has 1 aliphatic rings. The largest absolute Gasteiger partial charge is 0.312 e. The zero-order valence-electron chi connectivity index (χ0n) is 17.9. The lowest BCUT2D eigenvalue weighted by Crippen LogP contribution is -2.43. The van der Waals surface area contributed by atoms with Crippen molar-refractivity contribution in [3.8, 4) is 11.1 Å². The van der Waals surface area contributed by atoms with E-state index in [1.807, 2.05) is 17.8 Å². The van der Waals surface area contributed by atoms with Crippen LogP contribution in [0, 0.1) is 17.0 Å². The minimum atomic E-state index is -0.688. The van der Waals surface area contributed by atoms with Crippen LogP contribution in [0.15, 0.2) is 36.8 Å². The van der Waals surface area contributed by atoms with Crippen LogP contribution in [0.1, 0.15) is 36.6 Å². The molecule has 1 aliphatic heterocycles. The molecule has 5 rings (SSSR count). The van der Waals surface area contributed by atoms with Gasteiger partial charge >= 0.3 is 0 Å². The summed E-state index contributed by atoms with van der Waals surface area (Å²) in [5, 5.41) is 22.2. The van der Waals surface area contributed by atoms with Gasteiger partial charge in [0, 0.05) is 65.8 Å². The Labute approximate surface area is 188 Å². The number of fused-ring (bicyclic) bond motifs is 1. The molecule has 0 saturated carbocycles. The van der Waals surface area contributed by atoms with Crippen LogP contribution in [0.5, 0.6) is 0 Å². The van der Waals surface area contributed by atoms with E-state index in [0.29, 0.717) is 35.4 Å². The number of hydrogen-bond donors (Lipinski definition) is 3. The fourth-order valence-electron chi connectivity index (χ4n) is 3.63. The van der Waals surface area contributed by atoms with Crippen molar-refractivity contribution < 1.29 is 8.78 Å². The summed E-state index contributed by atoms with van der Waals surface area (Å²) in [5.41, 5.74) is 2.11. The van der Waals surface area contributed by atoms with Crippen molar-refractivity contribution in [2.75, 3.05) is 13.1 Å². The molecule has 33 heavy (non-hydrogen) atoms. The van der Waals surface area contributed by atoms with Gasteiger partial charge in [0.15, 0.2) is 5.82 Å². The highest BCUT2D eigenvalue weighted by Gasteiger charge is 2.21. The molecule has 1 fully saturated rings. The molecular formula is C23H22F2N8. The number of aromatic nitrogens is 6. The third kappa shape index (κ3) is 4.17. The van der Waals surface area contributed by atoms with Crippen LogP contribution in [0.4, 0.5) is 8.78 Å². The van der Waals surface area contributed by atoms with Crippen LogP contribution in [0.25, 0.3) is 28.1 Å². The molecule has 0 spiro atoms. The molecule has 168 valence electrons. The normalized spacial score (nSPS) is 14.3. The Morgan fingerprint density at radius 2 is 2.09 bits per heavy atom. The van der Waals surface area contributed by atoms with Crippen LogP contribution in [-0.2, 0) is 6.42 Å². The van der Waals surface area contributed by atoms with Gasteiger partial charge in [-0.1, -0.05) is 6.92 Å². The lowest BCUT2D eigenvalue weighted by molar-refractivity contribution is 0.318. The number of H-pyrrole nitrogens is 1. The van der Waals surface area contributed by atoms with E-state index >= 15 is 4.39 Å². The predicted octanol–water partition coefficient (Wildman–Crippen LogP) is 3.67. The summed E-state index contributed by atoms with van der Waals surface area (Å²) in [6.07, 6.45) is 8.94. The molecule has 4 heterocycles. The number of aromatic amines is 1. The molecule has 8 nitrogen and oxygen atoms in total. The van der Waals surface area contributed by atoms with E-state index in [-0.39, 0.29) is 22.9 Å². The number of nitrogens with zero attached hydrogens (tertiary/aromatic N) is 5. The molecule has 0 atom stereocenters. The highest BCUT2D eigenvalue weighted by Crippen LogP contribution is 2.29. The highest BCUT2D eigenvalue weighted by atomic mass is 19.1. The fraction of sp³-hybridized carbons (Fsp3) is 0.261. The number of benzene rings is 1. The van der Waals surface area contributed by atoms with Crippen molar-refractivity contribution >= 4 is 22.7 Å². The van der Waals surface area contributed by atoms with Crippen molar-refractivity contribution in [2.24, 2.45) is 0 Å². The summed E-state index contributed by atoms with van der Waals surface area (Å²) >= 11 is 0. The molecule has 4 aromatic rings. The van der Waals surface area contributed by atoms with E-state index in [0.717, 1.165) is 18.7 Å². The molecule has 1 saturated heterocycles. The molecule has 3 aromatic heterocycles. The number of nitrogens with one attached hydrogen (secondary N) is 3. The fourth-order valence-corrected chi connectivity index (χ4v) is 3.63. The second-order valence-electron chi connectivity index (χ2n) is 7.99. The van der Waals surface area contributed by atoms with Gasteiger partial charge < -0.3 is 10.7 Å². The van der Waals surface area contributed by atoms with Crippen molar-refractivity contribution in [1.82, 2.24) is 35.3 Å². The summed E-state index contributed by atoms with van der Waals surface area (Å²) in [6, 6.07) is 3.23. The topological polar surface area (TPSA) is 108 Å². The maximum Gasteiger partial charge on any atom is 0.173 e. The zero-order chi connectivity index (χ0) is 22.9. The van der Waals surface area contributed by atoms with Gasteiger partial charge in [0.05, 0.1) is 17.8 Å². The molecule has 3 N–H and O–H groups in total. The maximum absolute atomic E-state index is 15.4. The van der Waals surface area contributed by atoms with Crippen molar-refractivity contribution in [3.63, 3.8) is 0 Å². The number of rotatable bonds is 7. The van der Waals surface area contributed by atoms with Gasteiger partial charge in [0.1, 0.15) is 17.5 Å². The monoisotopic (exact) mass is 448 g/mol. The zero-order valence-corrected chi connectivity index (χ0v) is 17.9. The van der Waals surface area contributed by atoms with Gasteiger partial charge in [-0.15, -0.1) is 0 Å². The van der Waals surface area contributed by atoms with Crippen LogP contribution >= 0.6 is 0 Å². The number of halogens is 2. The average Bonchev–Trinajstić information content (AvgIpc) is 3.43. The lowest BCUT2D eigenvalue weighted by atomic mass is 10.0. The molecule has 0 bridgehead atoms. The van der Waals surface area contributed by atoms with Crippen molar-refractivity contribution in [1.29, 1.82) is 5.41 Å². The predicted molar refractivity (Wildman–Crippen MR) is 121 cm³/mol. The first kappa shape index (κ1) is 21.1.